The molecule has 0 aliphatic heterocycles. The summed E-state index contributed by atoms with van der Waals surface area (Å²) in [4.78, 5) is 11.0. The lowest BCUT2D eigenvalue weighted by Gasteiger charge is -2.35. The van der Waals surface area contributed by atoms with E-state index in [-0.39, 0.29) is 0 Å². The van der Waals surface area contributed by atoms with Gasteiger partial charge in [-0.2, -0.15) is 11.8 Å². The Balaban J connectivity index is 1.45. The van der Waals surface area contributed by atoms with Gasteiger partial charge in [-0.15, -0.1) is 0 Å². The Morgan fingerprint density at radius 1 is 1.09 bits per heavy atom. The SMILES string of the molecule is CNc1cc(N(C)C2CCC(CSCC3CC3)CC2)ncn1. The highest BCUT2D eigenvalue weighted by molar-refractivity contribution is 7.99. The van der Waals surface area contributed by atoms with E-state index in [1.165, 1.54) is 50.0 Å². The molecule has 1 N–H and O–H groups in total. The normalized spacial score (nSPS) is 25.0. The molecule has 1 aromatic heterocycles. The summed E-state index contributed by atoms with van der Waals surface area (Å²) in [5, 5.41) is 3.09. The van der Waals surface area contributed by atoms with Crippen LogP contribution in [0.5, 0.6) is 0 Å². The first kappa shape index (κ1) is 15.9. The van der Waals surface area contributed by atoms with Crippen LogP contribution < -0.4 is 10.2 Å². The van der Waals surface area contributed by atoms with Crippen LogP contribution in [0.1, 0.15) is 38.5 Å². The van der Waals surface area contributed by atoms with Crippen LogP contribution in [0.4, 0.5) is 11.6 Å². The fraction of sp³-hybridized carbons (Fsp3) is 0.765. The van der Waals surface area contributed by atoms with Gasteiger partial charge in [-0.3, -0.25) is 0 Å². The zero-order valence-electron chi connectivity index (χ0n) is 13.8. The summed E-state index contributed by atoms with van der Waals surface area (Å²) >= 11 is 2.20. The van der Waals surface area contributed by atoms with E-state index in [0.29, 0.717) is 6.04 Å². The largest absolute Gasteiger partial charge is 0.373 e. The lowest BCUT2D eigenvalue weighted by atomic mass is 9.86. The molecular weight excluding hydrogens is 292 g/mol. The van der Waals surface area contributed by atoms with Crippen molar-refractivity contribution in [1.29, 1.82) is 0 Å². The lowest BCUT2D eigenvalue weighted by Crippen LogP contribution is -2.36. The summed E-state index contributed by atoms with van der Waals surface area (Å²) in [6.45, 7) is 0. The van der Waals surface area contributed by atoms with Gasteiger partial charge in [0.05, 0.1) is 0 Å². The highest BCUT2D eigenvalue weighted by Gasteiger charge is 2.26. The standard InChI is InChI=1S/C17H28N4S/c1-18-16-9-17(20-12-19-16)21(2)15-7-5-14(6-8-15)11-22-10-13-3-4-13/h9,12-15H,3-8,10-11H2,1-2H3,(H,18,19,20). The maximum Gasteiger partial charge on any atom is 0.134 e. The van der Waals surface area contributed by atoms with Gasteiger partial charge in [0.25, 0.3) is 0 Å². The van der Waals surface area contributed by atoms with Crippen LogP contribution in [-0.2, 0) is 0 Å². The second-order valence-corrected chi connectivity index (χ2v) is 7.85. The van der Waals surface area contributed by atoms with Crippen LogP contribution in [0.3, 0.4) is 0 Å². The summed E-state index contributed by atoms with van der Waals surface area (Å²) in [5.41, 5.74) is 0. The maximum absolute atomic E-state index is 4.43. The Kier molecular flexibility index (Phi) is 5.45. The first-order valence-electron chi connectivity index (χ1n) is 8.56. The zero-order valence-corrected chi connectivity index (χ0v) is 14.6. The minimum absolute atomic E-state index is 0.629. The Morgan fingerprint density at radius 2 is 1.73 bits per heavy atom. The van der Waals surface area contributed by atoms with Crippen molar-refractivity contribution in [2.24, 2.45) is 11.8 Å². The maximum atomic E-state index is 4.43. The molecule has 0 atom stereocenters. The van der Waals surface area contributed by atoms with Crippen molar-refractivity contribution in [2.45, 2.75) is 44.6 Å². The van der Waals surface area contributed by atoms with E-state index in [2.05, 4.69) is 39.0 Å². The summed E-state index contributed by atoms with van der Waals surface area (Å²) in [6, 6.07) is 2.67. The molecule has 2 aliphatic carbocycles. The molecule has 122 valence electrons. The summed E-state index contributed by atoms with van der Waals surface area (Å²) in [7, 11) is 4.07. The first-order chi connectivity index (χ1) is 10.8. The fourth-order valence-electron chi connectivity index (χ4n) is 3.25. The molecule has 0 aromatic carbocycles. The van der Waals surface area contributed by atoms with Crippen LogP contribution in [0.15, 0.2) is 12.4 Å². The second-order valence-electron chi connectivity index (χ2n) is 6.78. The molecule has 2 saturated carbocycles. The third-order valence-corrected chi connectivity index (χ3v) is 6.45. The van der Waals surface area contributed by atoms with E-state index in [4.69, 9.17) is 0 Å². The number of aromatic nitrogens is 2. The minimum atomic E-state index is 0.629. The van der Waals surface area contributed by atoms with Crippen molar-refractivity contribution in [3.05, 3.63) is 12.4 Å². The Labute approximate surface area is 138 Å². The second kappa shape index (κ2) is 7.53. The van der Waals surface area contributed by atoms with Crippen LogP contribution in [0.2, 0.25) is 0 Å². The van der Waals surface area contributed by atoms with Crippen LogP contribution in [0.25, 0.3) is 0 Å². The molecule has 5 heteroatoms. The number of anilines is 2. The van der Waals surface area contributed by atoms with Crippen molar-refractivity contribution in [3.63, 3.8) is 0 Å². The van der Waals surface area contributed by atoms with Gasteiger partial charge in [0.15, 0.2) is 0 Å². The van der Waals surface area contributed by atoms with E-state index in [0.717, 1.165) is 23.5 Å². The zero-order chi connectivity index (χ0) is 15.4. The average molecular weight is 321 g/mol. The van der Waals surface area contributed by atoms with E-state index in [1.807, 2.05) is 13.1 Å². The van der Waals surface area contributed by atoms with Crippen LogP contribution >= 0.6 is 11.8 Å². The molecule has 22 heavy (non-hydrogen) atoms. The van der Waals surface area contributed by atoms with Crippen molar-refractivity contribution in [3.8, 4) is 0 Å². The monoisotopic (exact) mass is 320 g/mol. The van der Waals surface area contributed by atoms with E-state index in [1.54, 1.807) is 6.33 Å². The molecule has 2 fully saturated rings. The molecule has 1 heterocycles. The van der Waals surface area contributed by atoms with E-state index < -0.39 is 0 Å². The minimum Gasteiger partial charge on any atom is -0.373 e. The molecule has 0 spiro atoms. The van der Waals surface area contributed by atoms with E-state index >= 15 is 0 Å². The highest BCUT2D eigenvalue weighted by atomic mass is 32.2. The number of thioether (sulfide) groups is 1. The molecule has 0 amide bonds. The molecule has 0 radical (unpaired) electrons. The number of nitrogens with one attached hydrogen (secondary N) is 1. The number of hydrogen-bond donors (Lipinski definition) is 1. The third-order valence-electron chi connectivity index (χ3n) is 5.04. The van der Waals surface area contributed by atoms with Gasteiger partial charge in [0.2, 0.25) is 0 Å². The molecule has 0 unspecified atom stereocenters. The van der Waals surface area contributed by atoms with E-state index in [9.17, 15) is 0 Å². The number of nitrogens with zero attached hydrogens (tertiary/aromatic N) is 3. The van der Waals surface area contributed by atoms with Crippen LogP contribution in [0, 0.1) is 11.8 Å². The van der Waals surface area contributed by atoms with Crippen molar-refractivity contribution < 1.29 is 0 Å². The van der Waals surface area contributed by atoms with Crippen molar-refractivity contribution in [2.75, 3.05) is 35.8 Å². The quantitative estimate of drug-likeness (QED) is 0.830. The summed E-state index contributed by atoms with van der Waals surface area (Å²) in [5.74, 6) is 6.71. The molecule has 1 aromatic rings. The summed E-state index contributed by atoms with van der Waals surface area (Å²) in [6.07, 6.45) is 9.95. The van der Waals surface area contributed by atoms with Gasteiger partial charge >= 0.3 is 0 Å². The smallest absolute Gasteiger partial charge is 0.134 e. The Bertz CT molecular complexity index is 469. The first-order valence-corrected chi connectivity index (χ1v) is 9.72. The third kappa shape index (κ3) is 4.28. The molecule has 2 aliphatic rings. The van der Waals surface area contributed by atoms with Crippen molar-refractivity contribution in [1.82, 2.24) is 9.97 Å². The van der Waals surface area contributed by atoms with Gasteiger partial charge in [0.1, 0.15) is 18.0 Å². The average Bonchev–Trinajstić information content (AvgIpc) is 3.39. The topological polar surface area (TPSA) is 41.0 Å². The van der Waals surface area contributed by atoms with Gasteiger partial charge in [0, 0.05) is 26.2 Å². The molecular formula is C17H28N4S. The summed E-state index contributed by atoms with van der Waals surface area (Å²) < 4.78 is 0. The van der Waals surface area contributed by atoms with Gasteiger partial charge in [-0.05, 0) is 61.9 Å². The Hall–Kier alpha value is -0.970. The molecule has 4 nitrogen and oxygen atoms in total. The lowest BCUT2D eigenvalue weighted by molar-refractivity contribution is 0.344. The molecule has 0 bridgehead atoms. The highest BCUT2D eigenvalue weighted by Crippen LogP contribution is 2.35. The molecule has 3 rings (SSSR count). The fourth-order valence-corrected chi connectivity index (χ4v) is 4.72. The predicted molar refractivity (Wildman–Crippen MR) is 95.8 cm³/mol. The van der Waals surface area contributed by atoms with Gasteiger partial charge < -0.3 is 10.2 Å². The van der Waals surface area contributed by atoms with Gasteiger partial charge in [-0.25, -0.2) is 9.97 Å². The predicted octanol–water partition coefficient (Wildman–Crippen LogP) is 3.66. The Morgan fingerprint density at radius 3 is 2.32 bits per heavy atom. The number of rotatable bonds is 7. The molecule has 0 saturated heterocycles. The number of hydrogen-bond acceptors (Lipinski definition) is 5. The van der Waals surface area contributed by atoms with Gasteiger partial charge in [-0.1, -0.05) is 0 Å². The van der Waals surface area contributed by atoms with Crippen molar-refractivity contribution >= 4 is 23.4 Å². The van der Waals surface area contributed by atoms with Crippen LogP contribution in [-0.4, -0.2) is 41.6 Å².